The molecule has 0 aromatic carbocycles. The molecule has 0 heterocycles. The molecular formula is C8H14O2Si. The van der Waals surface area contributed by atoms with Crippen molar-refractivity contribution in [1.82, 2.24) is 0 Å². The number of hydrogen-bond donors (Lipinski definition) is 0. The highest BCUT2D eigenvalue weighted by Crippen LogP contribution is 2.06. The van der Waals surface area contributed by atoms with E-state index in [1.165, 1.54) is 6.08 Å². The van der Waals surface area contributed by atoms with Gasteiger partial charge in [-0.15, -0.1) is 0 Å². The largest absolute Gasteiger partial charge is 0.516 e. The van der Waals surface area contributed by atoms with Crippen LogP contribution >= 0.6 is 0 Å². The maximum absolute atomic E-state index is 11.0. The van der Waals surface area contributed by atoms with Gasteiger partial charge >= 0.3 is 5.97 Å². The van der Waals surface area contributed by atoms with Gasteiger partial charge < -0.3 is 4.43 Å². The summed E-state index contributed by atoms with van der Waals surface area (Å²) in [6.45, 7) is 12.8. The highest BCUT2D eigenvalue weighted by molar-refractivity contribution is 6.71. The fraction of sp³-hybridized carbons (Fsp3) is 0.375. The van der Waals surface area contributed by atoms with E-state index in [1.807, 2.05) is 19.6 Å². The molecule has 0 bridgehead atoms. The van der Waals surface area contributed by atoms with Gasteiger partial charge in [-0.1, -0.05) is 19.2 Å². The molecule has 0 fully saturated rings. The first-order valence-corrected chi connectivity index (χ1v) is 6.82. The molecule has 62 valence electrons. The normalized spacial score (nSPS) is 10.5. The van der Waals surface area contributed by atoms with Crippen molar-refractivity contribution in [2.75, 3.05) is 0 Å². The molecule has 0 amide bonds. The highest BCUT2D eigenvalue weighted by Gasteiger charge is 2.20. The van der Waals surface area contributed by atoms with E-state index in [2.05, 4.69) is 13.2 Å². The minimum atomic E-state index is -1.76. The second-order valence-corrected chi connectivity index (χ2v) is 7.66. The molecule has 0 aromatic heterocycles. The zero-order chi connectivity index (χ0) is 9.07. The fourth-order valence-corrected chi connectivity index (χ4v) is 1.11. The summed E-state index contributed by atoms with van der Waals surface area (Å²) < 4.78 is 5.12. The number of rotatable bonds is 3. The minimum absolute atomic E-state index is 0.326. The molecule has 0 N–H and O–H groups in total. The number of hydrogen-bond acceptors (Lipinski definition) is 2. The molecule has 11 heavy (non-hydrogen) atoms. The van der Waals surface area contributed by atoms with Crippen LogP contribution in [0.15, 0.2) is 24.8 Å². The Morgan fingerprint density at radius 3 is 2.18 bits per heavy atom. The summed E-state index contributed by atoms with van der Waals surface area (Å²) in [7, 11) is -1.76. The number of carbonyl (C=O) groups excluding carboxylic acids is 1. The van der Waals surface area contributed by atoms with Crippen LogP contribution in [-0.2, 0) is 9.22 Å². The molecule has 0 atom stereocenters. The lowest BCUT2D eigenvalue weighted by Crippen LogP contribution is -2.29. The molecule has 0 spiro atoms. The molecule has 2 nitrogen and oxygen atoms in total. The second kappa shape index (κ2) is 3.53. The zero-order valence-electron chi connectivity index (χ0n) is 7.31. The van der Waals surface area contributed by atoms with Gasteiger partial charge in [-0.2, -0.15) is 0 Å². The standard InChI is InChI=1S/C8H14O2Si/c1-6-7(2)8(9)10-11(3,4)5/h6H,1-2H2,3-5H3. The molecule has 3 heteroatoms. The lowest BCUT2D eigenvalue weighted by molar-refractivity contribution is -0.130. The van der Waals surface area contributed by atoms with Crippen molar-refractivity contribution >= 4 is 14.3 Å². The van der Waals surface area contributed by atoms with Crippen molar-refractivity contribution in [2.24, 2.45) is 0 Å². The van der Waals surface area contributed by atoms with Gasteiger partial charge in [0.05, 0.1) is 5.57 Å². The van der Waals surface area contributed by atoms with Crippen molar-refractivity contribution in [3.05, 3.63) is 24.8 Å². The fourth-order valence-electron chi connectivity index (χ4n) is 0.427. The van der Waals surface area contributed by atoms with E-state index in [0.29, 0.717) is 5.57 Å². The first kappa shape index (κ1) is 10.2. The van der Waals surface area contributed by atoms with E-state index in [0.717, 1.165) is 0 Å². The van der Waals surface area contributed by atoms with Crippen molar-refractivity contribution < 1.29 is 9.22 Å². The van der Waals surface area contributed by atoms with Gasteiger partial charge in [0, 0.05) is 0 Å². The second-order valence-electron chi connectivity index (χ2n) is 3.23. The van der Waals surface area contributed by atoms with E-state index < -0.39 is 8.32 Å². The summed E-state index contributed by atoms with van der Waals surface area (Å²) >= 11 is 0. The third-order valence-electron chi connectivity index (χ3n) is 0.907. The van der Waals surface area contributed by atoms with Gasteiger partial charge in [0.15, 0.2) is 0 Å². The van der Waals surface area contributed by atoms with Gasteiger partial charge in [0.2, 0.25) is 8.32 Å². The third kappa shape index (κ3) is 4.56. The van der Waals surface area contributed by atoms with Crippen LogP contribution in [-0.4, -0.2) is 14.3 Å². The van der Waals surface area contributed by atoms with Crippen LogP contribution in [0, 0.1) is 0 Å². The van der Waals surface area contributed by atoms with Gasteiger partial charge in [-0.05, 0) is 19.6 Å². The average molecular weight is 170 g/mol. The maximum atomic E-state index is 11.0. The van der Waals surface area contributed by atoms with E-state index in [1.54, 1.807) is 0 Å². The van der Waals surface area contributed by atoms with Gasteiger partial charge in [-0.25, -0.2) is 4.79 Å². The first-order chi connectivity index (χ1) is 4.87. The Kier molecular flexibility index (Phi) is 3.26. The minimum Gasteiger partial charge on any atom is -0.516 e. The van der Waals surface area contributed by atoms with Crippen LogP contribution in [0.3, 0.4) is 0 Å². The number of carbonyl (C=O) groups is 1. The lowest BCUT2D eigenvalue weighted by Gasteiger charge is -2.16. The van der Waals surface area contributed by atoms with Crippen LogP contribution in [0.4, 0.5) is 0 Å². The molecule has 0 radical (unpaired) electrons. The maximum Gasteiger partial charge on any atom is 0.324 e. The predicted molar refractivity (Wildman–Crippen MR) is 48.8 cm³/mol. The predicted octanol–water partition coefficient (Wildman–Crippen LogP) is 2.11. The Labute approximate surface area is 68.7 Å². The Bertz CT molecular complexity index is 189. The molecule has 0 aliphatic rings. The lowest BCUT2D eigenvalue weighted by atomic mass is 10.3. The van der Waals surface area contributed by atoms with Crippen LogP contribution in [0.25, 0.3) is 0 Å². The summed E-state index contributed by atoms with van der Waals surface area (Å²) in [5.41, 5.74) is 0.326. The summed E-state index contributed by atoms with van der Waals surface area (Å²) in [6, 6.07) is 0. The molecule has 0 aromatic rings. The van der Waals surface area contributed by atoms with Crippen LogP contribution in [0.5, 0.6) is 0 Å². The average Bonchev–Trinajstić information content (AvgIpc) is 1.82. The van der Waals surface area contributed by atoms with Crippen LogP contribution in [0.2, 0.25) is 19.6 Å². The van der Waals surface area contributed by atoms with E-state index in [4.69, 9.17) is 4.43 Å². The van der Waals surface area contributed by atoms with Crippen molar-refractivity contribution in [3.8, 4) is 0 Å². The van der Waals surface area contributed by atoms with Gasteiger partial charge in [-0.3, -0.25) is 0 Å². The molecule has 0 saturated carbocycles. The topological polar surface area (TPSA) is 26.3 Å². The first-order valence-electron chi connectivity index (χ1n) is 3.41. The third-order valence-corrected chi connectivity index (χ3v) is 1.71. The molecular weight excluding hydrogens is 156 g/mol. The monoisotopic (exact) mass is 170 g/mol. The van der Waals surface area contributed by atoms with Crippen LogP contribution < -0.4 is 0 Å². The Hall–Kier alpha value is -0.833. The van der Waals surface area contributed by atoms with Crippen LogP contribution in [0.1, 0.15) is 0 Å². The van der Waals surface area contributed by atoms with Crippen molar-refractivity contribution in [1.29, 1.82) is 0 Å². The van der Waals surface area contributed by atoms with Crippen molar-refractivity contribution in [2.45, 2.75) is 19.6 Å². The van der Waals surface area contributed by atoms with E-state index >= 15 is 0 Å². The molecule has 0 rings (SSSR count). The molecule has 0 aliphatic carbocycles. The molecule has 0 aliphatic heterocycles. The smallest absolute Gasteiger partial charge is 0.324 e. The Morgan fingerprint density at radius 2 is 1.91 bits per heavy atom. The Balaban J connectivity index is 4.09. The van der Waals surface area contributed by atoms with Crippen molar-refractivity contribution in [3.63, 3.8) is 0 Å². The molecule has 0 saturated heterocycles. The van der Waals surface area contributed by atoms with Gasteiger partial charge in [0.25, 0.3) is 0 Å². The van der Waals surface area contributed by atoms with E-state index in [-0.39, 0.29) is 5.97 Å². The highest BCUT2D eigenvalue weighted by atomic mass is 28.4. The summed E-state index contributed by atoms with van der Waals surface area (Å²) in [5, 5.41) is 0. The zero-order valence-corrected chi connectivity index (χ0v) is 8.31. The SMILES string of the molecule is C=CC(=C)C(=O)O[Si](C)(C)C. The summed E-state index contributed by atoms with van der Waals surface area (Å²) in [4.78, 5) is 11.0. The molecule has 0 unspecified atom stereocenters. The Morgan fingerprint density at radius 1 is 1.45 bits per heavy atom. The van der Waals surface area contributed by atoms with E-state index in [9.17, 15) is 4.79 Å². The van der Waals surface area contributed by atoms with Gasteiger partial charge in [0.1, 0.15) is 0 Å². The summed E-state index contributed by atoms with van der Waals surface area (Å²) in [5.74, 6) is -0.348. The quantitative estimate of drug-likeness (QED) is 0.368. The summed E-state index contributed by atoms with van der Waals surface area (Å²) in [6.07, 6.45) is 1.41.